The van der Waals surface area contributed by atoms with Crippen molar-refractivity contribution < 1.29 is 9.53 Å². The summed E-state index contributed by atoms with van der Waals surface area (Å²) in [6, 6.07) is 9.92. The average Bonchev–Trinajstić information content (AvgIpc) is 2.36. The molecule has 0 unspecified atom stereocenters. The molecule has 104 valence electrons. The summed E-state index contributed by atoms with van der Waals surface area (Å²) in [5, 5.41) is 0.913. The molecule has 0 aliphatic carbocycles. The molecule has 0 saturated heterocycles. The van der Waals surface area contributed by atoms with Gasteiger partial charge in [0, 0.05) is 25.8 Å². The van der Waals surface area contributed by atoms with Crippen molar-refractivity contribution in [2.24, 2.45) is 0 Å². The van der Waals surface area contributed by atoms with Crippen LogP contribution in [0.5, 0.6) is 0 Å². The van der Waals surface area contributed by atoms with Gasteiger partial charge in [0.05, 0.1) is 5.56 Å². The zero-order valence-electron chi connectivity index (χ0n) is 10.2. The number of nitrogen functional groups attached to an aromatic ring is 1. The highest BCUT2D eigenvalue weighted by Gasteiger charge is 2.10. The molecule has 2 aromatic rings. The number of benzene rings is 2. The first-order valence-corrected chi connectivity index (χ1v) is 7.18. The molecule has 0 aliphatic heterocycles. The number of anilines is 1. The minimum atomic E-state index is -0.502. The first kappa shape index (κ1) is 15.2. The maximum Gasteiger partial charge on any atom is 0.338 e. The van der Waals surface area contributed by atoms with Gasteiger partial charge in [-0.2, -0.15) is 0 Å². The van der Waals surface area contributed by atoms with E-state index in [1.807, 2.05) is 6.07 Å². The van der Waals surface area contributed by atoms with Gasteiger partial charge in [-0.15, -0.1) is 0 Å². The van der Waals surface area contributed by atoms with Crippen LogP contribution in [0.4, 0.5) is 5.69 Å². The first-order chi connectivity index (χ1) is 9.45. The molecule has 0 amide bonds. The van der Waals surface area contributed by atoms with E-state index in [-0.39, 0.29) is 6.61 Å². The molecule has 0 atom stereocenters. The van der Waals surface area contributed by atoms with Crippen LogP contribution < -0.4 is 5.73 Å². The molecule has 0 fully saturated rings. The van der Waals surface area contributed by atoms with Crippen molar-refractivity contribution in [3.05, 3.63) is 62.0 Å². The van der Waals surface area contributed by atoms with Crippen LogP contribution in [-0.2, 0) is 11.3 Å². The summed E-state index contributed by atoms with van der Waals surface area (Å²) >= 11 is 15.2. The normalized spacial score (nSPS) is 10.3. The molecule has 2 rings (SSSR count). The second kappa shape index (κ2) is 6.48. The monoisotopic (exact) mass is 373 g/mol. The first-order valence-electron chi connectivity index (χ1n) is 5.63. The number of rotatable bonds is 3. The maximum atomic E-state index is 11.9. The molecule has 2 aromatic carbocycles. The highest BCUT2D eigenvalue weighted by molar-refractivity contribution is 9.10. The third-order valence-electron chi connectivity index (χ3n) is 2.53. The van der Waals surface area contributed by atoms with Gasteiger partial charge in [0.15, 0.2) is 0 Å². The van der Waals surface area contributed by atoms with Crippen molar-refractivity contribution in [2.75, 3.05) is 5.73 Å². The minimum absolute atomic E-state index is 0.0807. The topological polar surface area (TPSA) is 52.3 Å². The second-order valence-corrected chi connectivity index (χ2v) is 5.84. The Morgan fingerprint density at radius 2 is 1.95 bits per heavy atom. The molecule has 0 aliphatic rings. The molecule has 20 heavy (non-hydrogen) atoms. The molecule has 0 aromatic heterocycles. The van der Waals surface area contributed by atoms with Gasteiger partial charge in [0.25, 0.3) is 0 Å². The van der Waals surface area contributed by atoms with Crippen molar-refractivity contribution >= 4 is 50.8 Å². The highest BCUT2D eigenvalue weighted by Crippen LogP contribution is 2.23. The number of esters is 1. The Morgan fingerprint density at radius 3 is 2.60 bits per heavy atom. The van der Waals surface area contributed by atoms with Crippen LogP contribution in [0.25, 0.3) is 0 Å². The fraction of sp³-hybridized carbons (Fsp3) is 0.0714. The number of carbonyl (C=O) groups excluding carboxylic acids is 1. The van der Waals surface area contributed by atoms with Crippen molar-refractivity contribution in [3.63, 3.8) is 0 Å². The van der Waals surface area contributed by atoms with E-state index in [4.69, 9.17) is 33.7 Å². The van der Waals surface area contributed by atoms with Crippen molar-refractivity contribution in [3.8, 4) is 0 Å². The molecule has 0 radical (unpaired) electrons. The third kappa shape index (κ3) is 3.88. The summed E-state index contributed by atoms with van der Waals surface area (Å²) in [6.45, 7) is 0.0807. The lowest BCUT2D eigenvalue weighted by Crippen LogP contribution is -2.06. The van der Waals surface area contributed by atoms with Crippen LogP contribution in [-0.4, -0.2) is 5.97 Å². The lowest BCUT2D eigenvalue weighted by molar-refractivity contribution is 0.0473. The SMILES string of the molecule is Nc1cc(Cl)cc(C(=O)OCc2ccc(Br)cc2Cl)c1. The van der Waals surface area contributed by atoms with Crippen LogP contribution in [0.3, 0.4) is 0 Å². The summed E-state index contributed by atoms with van der Waals surface area (Å²) in [5.74, 6) is -0.502. The van der Waals surface area contributed by atoms with Gasteiger partial charge in [-0.1, -0.05) is 45.2 Å². The highest BCUT2D eigenvalue weighted by atomic mass is 79.9. The molecule has 6 heteroatoms. The van der Waals surface area contributed by atoms with Gasteiger partial charge in [0.1, 0.15) is 6.61 Å². The number of halogens is 3. The zero-order valence-corrected chi connectivity index (χ0v) is 13.3. The summed E-state index contributed by atoms with van der Waals surface area (Å²) < 4.78 is 6.05. The Kier molecular flexibility index (Phi) is 4.91. The fourth-order valence-electron chi connectivity index (χ4n) is 1.60. The second-order valence-electron chi connectivity index (χ2n) is 4.09. The van der Waals surface area contributed by atoms with E-state index in [2.05, 4.69) is 15.9 Å². The van der Waals surface area contributed by atoms with Crippen LogP contribution in [0.2, 0.25) is 10.0 Å². The number of ether oxygens (including phenoxy) is 1. The van der Waals surface area contributed by atoms with E-state index in [1.165, 1.54) is 12.1 Å². The van der Waals surface area contributed by atoms with Gasteiger partial charge in [-0.25, -0.2) is 4.79 Å². The molecule has 0 bridgehead atoms. The van der Waals surface area contributed by atoms with Gasteiger partial charge in [0.2, 0.25) is 0 Å². The Bertz CT molecular complexity index is 641. The Morgan fingerprint density at radius 1 is 1.20 bits per heavy atom. The van der Waals surface area contributed by atoms with Crippen molar-refractivity contribution in [1.82, 2.24) is 0 Å². The molecule has 0 heterocycles. The number of hydrogen-bond donors (Lipinski definition) is 1. The fourth-order valence-corrected chi connectivity index (χ4v) is 2.57. The lowest BCUT2D eigenvalue weighted by Gasteiger charge is -2.08. The molecule has 2 N–H and O–H groups in total. The van der Waals surface area contributed by atoms with Gasteiger partial charge in [-0.3, -0.25) is 0 Å². The zero-order chi connectivity index (χ0) is 14.7. The van der Waals surface area contributed by atoms with Crippen LogP contribution in [0.15, 0.2) is 40.9 Å². The summed E-state index contributed by atoms with van der Waals surface area (Å²) in [6.07, 6.45) is 0. The van der Waals surface area contributed by atoms with E-state index < -0.39 is 5.97 Å². The predicted octanol–water partition coefficient (Wildman–Crippen LogP) is 4.70. The molecular weight excluding hydrogens is 365 g/mol. The molecular formula is C14H10BrCl2NO2. The van der Waals surface area contributed by atoms with E-state index in [0.717, 1.165) is 10.0 Å². The largest absolute Gasteiger partial charge is 0.457 e. The Labute approximate surface area is 134 Å². The van der Waals surface area contributed by atoms with E-state index in [9.17, 15) is 4.79 Å². The number of carbonyl (C=O) groups is 1. The van der Waals surface area contributed by atoms with E-state index in [0.29, 0.717) is 21.3 Å². The van der Waals surface area contributed by atoms with Crippen LogP contribution >= 0.6 is 39.1 Å². The lowest BCUT2D eigenvalue weighted by atomic mass is 10.2. The van der Waals surface area contributed by atoms with Crippen molar-refractivity contribution in [1.29, 1.82) is 0 Å². The quantitative estimate of drug-likeness (QED) is 0.626. The van der Waals surface area contributed by atoms with Gasteiger partial charge in [-0.05, 0) is 30.3 Å². The predicted molar refractivity (Wildman–Crippen MR) is 84.1 cm³/mol. The van der Waals surface area contributed by atoms with Gasteiger partial charge >= 0.3 is 5.97 Å². The third-order valence-corrected chi connectivity index (χ3v) is 3.59. The maximum absolute atomic E-state index is 11.9. The van der Waals surface area contributed by atoms with Crippen molar-refractivity contribution in [2.45, 2.75) is 6.61 Å². The minimum Gasteiger partial charge on any atom is -0.457 e. The molecule has 3 nitrogen and oxygen atoms in total. The standard InChI is InChI=1S/C14H10BrCl2NO2/c15-10-2-1-8(13(17)5-10)7-20-14(19)9-3-11(16)6-12(18)4-9/h1-6H,7,18H2. The molecule has 0 saturated carbocycles. The summed E-state index contributed by atoms with van der Waals surface area (Å²) in [4.78, 5) is 11.9. The average molecular weight is 375 g/mol. The van der Waals surface area contributed by atoms with E-state index >= 15 is 0 Å². The van der Waals surface area contributed by atoms with Gasteiger partial charge < -0.3 is 10.5 Å². The smallest absolute Gasteiger partial charge is 0.338 e. The Hall–Kier alpha value is -1.23. The van der Waals surface area contributed by atoms with E-state index in [1.54, 1.807) is 18.2 Å². The molecule has 0 spiro atoms. The number of hydrogen-bond acceptors (Lipinski definition) is 3. The van der Waals surface area contributed by atoms with Crippen LogP contribution in [0, 0.1) is 0 Å². The van der Waals surface area contributed by atoms with Crippen LogP contribution in [0.1, 0.15) is 15.9 Å². The summed E-state index contributed by atoms with van der Waals surface area (Å²) in [5.41, 5.74) is 7.06. The summed E-state index contributed by atoms with van der Waals surface area (Å²) in [7, 11) is 0. The Balaban J connectivity index is 2.08. The number of nitrogens with two attached hydrogens (primary N) is 1.